The summed E-state index contributed by atoms with van der Waals surface area (Å²) in [5.41, 5.74) is 0.362. The fourth-order valence-corrected chi connectivity index (χ4v) is 3.58. The third-order valence-electron chi connectivity index (χ3n) is 4.82. The monoisotopic (exact) mass is 283 g/mol. The third-order valence-corrected chi connectivity index (χ3v) is 4.82. The number of likely N-dealkylation sites (N-methyl/N-ethyl adjacent to an activating group) is 1. The first kappa shape index (κ1) is 18.0. The molecule has 0 aromatic carbocycles. The summed E-state index contributed by atoms with van der Waals surface area (Å²) in [5.74, 6) is 0. The van der Waals surface area contributed by atoms with Crippen molar-refractivity contribution in [1.29, 1.82) is 0 Å². The zero-order valence-electron chi connectivity index (χ0n) is 14.5. The molecule has 1 rings (SSSR count). The third kappa shape index (κ3) is 5.73. The van der Waals surface area contributed by atoms with Crippen molar-refractivity contribution in [1.82, 2.24) is 5.32 Å². The summed E-state index contributed by atoms with van der Waals surface area (Å²) in [4.78, 5) is 0. The summed E-state index contributed by atoms with van der Waals surface area (Å²) >= 11 is 0. The largest absolute Gasteiger partial charge is 0.374 e. The SMILES string of the molecule is CCCCCCC(C)OC1CCCC(C)(C)C1NCC. The van der Waals surface area contributed by atoms with Gasteiger partial charge in [-0.05, 0) is 38.1 Å². The van der Waals surface area contributed by atoms with Crippen LogP contribution in [0.15, 0.2) is 0 Å². The number of unbranched alkanes of at least 4 members (excludes halogenated alkanes) is 3. The molecule has 0 heterocycles. The van der Waals surface area contributed by atoms with Crippen LogP contribution < -0.4 is 5.32 Å². The van der Waals surface area contributed by atoms with Gasteiger partial charge in [0, 0.05) is 6.04 Å². The van der Waals surface area contributed by atoms with Gasteiger partial charge in [-0.15, -0.1) is 0 Å². The lowest BCUT2D eigenvalue weighted by Gasteiger charge is -2.45. The fourth-order valence-electron chi connectivity index (χ4n) is 3.58. The molecule has 1 saturated carbocycles. The summed E-state index contributed by atoms with van der Waals surface area (Å²) in [6.45, 7) is 12.6. The Hall–Kier alpha value is -0.0800. The average Bonchev–Trinajstić information content (AvgIpc) is 2.38. The minimum atomic E-state index is 0.362. The first-order valence-corrected chi connectivity index (χ1v) is 8.90. The van der Waals surface area contributed by atoms with Crippen LogP contribution in [0.25, 0.3) is 0 Å². The molecule has 0 bridgehead atoms. The molecule has 0 aromatic heterocycles. The van der Waals surface area contributed by atoms with Gasteiger partial charge in [-0.3, -0.25) is 0 Å². The van der Waals surface area contributed by atoms with E-state index in [1.54, 1.807) is 0 Å². The number of hydrogen-bond acceptors (Lipinski definition) is 2. The van der Waals surface area contributed by atoms with Crippen LogP contribution in [0.4, 0.5) is 0 Å². The molecule has 3 unspecified atom stereocenters. The molecule has 1 aliphatic carbocycles. The van der Waals surface area contributed by atoms with Crippen LogP contribution in [0.5, 0.6) is 0 Å². The van der Waals surface area contributed by atoms with Crippen molar-refractivity contribution in [3.05, 3.63) is 0 Å². The van der Waals surface area contributed by atoms with Gasteiger partial charge in [0.2, 0.25) is 0 Å². The molecule has 3 atom stereocenters. The molecule has 2 heteroatoms. The predicted molar refractivity (Wildman–Crippen MR) is 88.2 cm³/mol. The normalized spacial score (nSPS) is 27.4. The van der Waals surface area contributed by atoms with Crippen LogP contribution in [-0.4, -0.2) is 24.8 Å². The molecule has 1 N–H and O–H groups in total. The van der Waals surface area contributed by atoms with Crippen LogP contribution in [0, 0.1) is 5.41 Å². The van der Waals surface area contributed by atoms with Gasteiger partial charge in [0.15, 0.2) is 0 Å². The molecule has 0 amide bonds. The molecular weight excluding hydrogens is 246 g/mol. The Morgan fingerprint density at radius 1 is 1.20 bits per heavy atom. The van der Waals surface area contributed by atoms with E-state index < -0.39 is 0 Å². The van der Waals surface area contributed by atoms with E-state index in [9.17, 15) is 0 Å². The van der Waals surface area contributed by atoms with Crippen molar-refractivity contribution < 1.29 is 4.74 Å². The second kappa shape index (κ2) is 9.04. The average molecular weight is 284 g/mol. The highest BCUT2D eigenvalue weighted by Gasteiger charge is 2.39. The number of ether oxygens (including phenoxy) is 1. The minimum Gasteiger partial charge on any atom is -0.374 e. The number of nitrogens with one attached hydrogen (secondary N) is 1. The highest BCUT2D eigenvalue weighted by molar-refractivity contribution is 4.94. The zero-order chi connectivity index (χ0) is 15.0. The molecule has 0 aliphatic heterocycles. The van der Waals surface area contributed by atoms with Crippen LogP contribution in [0.3, 0.4) is 0 Å². The first-order valence-electron chi connectivity index (χ1n) is 8.90. The van der Waals surface area contributed by atoms with Gasteiger partial charge in [0.1, 0.15) is 0 Å². The van der Waals surface area contributed by atoms with Gasteiger partial charge in [-0.25, -0.2) is 0 Å². The second-order valence-electron chi connectivity index (χ2n) is 7.25. The standard InChI is InChI=1S/C18H37NO/c1-6-8-9-10-12-15(3)20-16-13-11-14-18(4,5)17(16)19-7-2/h15-17,19H,6-14H2,1-5H3. The van der Waals surface area contributed by atoms with Gasteiger partial charge in [0.05, 0.1) is 12.2 Å². The maximum absolute atomic E-state index is 6.41. The van der Waals surface area contributed by atoms with Crippen molar-refractivity contribution in [2.24, 2.45) is 5.41 Å². The molecule has 2 nitrogen and oxygen atoms in total. The lowest BCUT2D eigenvalue weighted by Crippen LogP contribution is -2.54. The second-order valence-corrected chi connectivity index (χ2v) is 7.25. The Labute approximate surface area is 127 Å². The fraction of sp³-hybridized carbons (Fsp3) is 1.00. The summed E-state index contributed by atoms with van der Waals surface area (Å²) in [5, 5.41) is 3.68. The first-order chi connectivity index (χ1) is 9.51. The van der Waals surface area contributed by atoms with Gasteiger partial charge in [0.25, 0.3) is 0 Å². The van der Waals surface area contributed by atoms with Crippen LogP contribution >= 0.6 is 0 Å². The van der Waals surface area contributed by atoms with Crippen LogP contribution in [0.2, 0.25) is 0 Å². The molecule has 120 valence electrons. The molecule has 1 fully saturated rings. The highest BCUT2D eigenvalue weighted by Crippen LogP contribution is 2.37. The molecule has 20 heavy (non-hydrogen) atoms. The van der Waals surface area contributed by atoms with Crippen molar-refractivity contribution in [2.75, 3.05) is 6.54 Å². The van der Waals surface area contributed by atoms with Gasteiger partial charge in [-0.2, -0.15) is 0 Å². The van der Waals surface area contributed by atoms with E-state index in [1.165, 1.54) is 51.4 Å². The predicted octanol–water partition coefficient (Wildman–Crippen LogP) is 4.92. The summed E-state index contributed by atoms with van der Waals surface area (Å²) in [7, 11) is 0. The van der Waals surface area contributed by atoms with Crippen molar-refractivity contribution in [3.63, 3.8) is 0 Å². The van der Waals surface area contributed by atoms with Gasteiger partial charge >= 0.3 is 0 Å². The smallest absolute Gasteiger partial charge is 0.0736 e. The molecule has 0 radical (unpaired) electrons. The zero-order valence-corrected chi connectivity index (χ0v) is 14.5. The van der Waals surface area contributed by atoms with E-state index >= 15 is 0 Å². The maximum atomic E-state index is 6.41. The molecule has 1 aliphatic rings. The Morgan fingerprint density at radius 3 is 2.60 bits per heavy atom. The maximum Gasteiger partial charge on any atom is 0.0736 e. The van der Waals surface area contributed by atoms with E-state index in [4.69, 9.17) is 4.74 Å². The summed E-state index contributed by atoms with van der Waals surface area (Å²) in [6.07, 6.45) is 11.2. The molecule has 0 saturated heterocycles. The summed E-state index contributed by atoms with van der Waals surface area (Å²) < 4.78 is 6.41. The van der Waals surface area contributed by atoms with E-state index in [0.717, 1.165) is 6.54 Å². The number of hydrogen-bond donors (Lipinski definition) is 1. The van der Waals surface area contributed by atoms with Crippen LogP contribution in [0.1, 0.15) is 86.0 Å². The Bertz CT molecular complexity index is 252. The summed E-state index contributed by atoms with van der Waals surface area (Å²) in [6, 6.07) is 0.513. The van der Waals surface area contributed by atoms with Crippen molar-refractivity contribution >= 4 is 0 Å². The lowest BCUT2D eigenvalue weighted by molar-refractivity contribution is -0.0728. The highest BCUT2D eigenvalue weighted by atomic mass is 16.5. The van der Waals surface area contributed by atoms with Gasteiger partial charge < -0.3 is 10.1 Å². The van der Waals surface area contributed by atoms with Crippen LogP contribution in [-0.2, 0) is 4.74 Å². The molecule has 0 spiro atoms. The van der Waals surface area contributed by atoms with E-state index in [1.807, 2.05) is 0 Å². The van der Waals surface area contributed by atoms with E-state index in [-0.39, 0.29) is 0 Å². The van der Waals surface area contributed by atoms with Crippen molar-refractivity contribution in [3.8, 4) is 0 Å². The molecular formula is C18H37NO. The van der Waals surface area contributed by atoms with E-state index in [2.05, 4.69) is 39.9 Å². The Morgan fingerprint density at radius 2 is 1.95 bits per heavy atom. The lowest BCUT2D eigenvalue weighted by atomic mass is 9.71. The van der Waals surface area contributed by atoms with Gasteiger partial charge in [-0.1, -0.05) is 59.8 Å². The Balaban J connectivity index is 2.42. The van der Waals surface area contributed by atoms with Crippen molar-refractivity contribution in [2.45, 2.75) is 104 Å². The Kier molecular flexibility index (Phi) is 8.13. The quantitative estimate of drug-likeness (QED) is 0.606. The van der Waals surface area contributed by atoms with E-state index in [0.29, 0.717) is 23.7 Å². The minimum absolute atomic E-state index is 0.362. The topological polar surface area (TPSA) is 21.3 Å². The molecule has 0 aromatic rings. The number of rotatable bonds is 9.